The van der Waals surface area contributed by atoms with E-state index in [0.29, 0.717) is 23.5 Å². The number of piperidine rings is 1. The van der Waals surface area contributed by atoms with E-state index >= 15 is 0 Å². The van der Waals surface area contributed by atoms with Crippen molar-refractivity contribution in [2.45, 2.75) is 32.7 Å². The highest BCUT2D eigenvalue weighted by Crippen LogP contribution is 2.16. The number of carbonyl (C=O) groups excluding carboxylic acids is 3. The molecule has 4 amide bonds. The van der Waals surface area contributed by atoms with Crippen LogP contribution in [-0.2, 0) is 11.3 Å². The third-order valence-electron chi connectivity index (χ3n) is 4.71. The van der Waals surface area contributed by atoms with E-state index in [2.05, 4.69) is 16.0 Å². The van der Waals surface area contributed by atoms with Gasteiger partial charge in [0.2, 0.25) is 5.91 Å². The number of likely N-dealkylation sites (tertiary alicyclic amines) is 1. The first-order valence-corrected chi connectivity index (χ1v) is 9.82. The zero-order valence-corrected chi connectivity index (χ0v) is 16.5. The Morgan fingerprint density at radius 3 is 2.31 bits per heavy atom. The van der Waals surface area contributed by atoms with E-state index in [1.807, 2.05) is 17.0 Å². The molecule has 0 spiro atoms. The number of rotatable bonds is 5. The maximum atomic E-state index is 12.6. The van der Waals surface area contributed by atoms with E-state index in [0.717, 1.165) is 31.5 Å². The smallest absolute Gasteiger partial charge is 0.319 e. The van der Waals surface area contributed by atoms with Crippen molar-refractivity contribution in [3.8, 4) is 0 Å². The number of amides is 4. The Morgan fingerprint density at radius 2 is 1.59 bits per heavy atom. The summed E-state index contributed by atoms with van der Waals surface area (Å²) in [5.41, 5.74) is 2.69. The molecule has 0 bridgehead atoms. The van der Waals surface area contributed by atoms with Crippen molar-refractivity contribution in [1.29, 1.82) is 0 Å². The lowest BCUT2D eigenvalue weighted by atomic mass is 10.1. The number of hydrogen-bond donors (Lipinski definition) is 3. The quantitative estimate of drug-likeness (QED) is 0.724. The number of carbonyl (C=O) groups is 3. The highest BCUT2D eigenvalue weighted by molar-refractivity contribution is 5.97. The summed E-state index contributed by atoms with van der Waals surface area (Å²) in [6, 6.07) is 13.9. The molecule has 2 aromatic rings. The fraction of sp³-hybridized carbons (Fsp3) is 0.318. The van der Waals surface area contributed by atoms with Crippen LogP contribution in [0.5, 0.6) is 0 Å². The van der Waals surface area contributed by atoms with Crippen LogP contribution in [0.3, 0.4) is 0 Å². The number of anilines is 2. The van der Waals surface area contributed by atoms with E-state index < -0.39 is 0 Å². The van der Waals surface area contributed by atoms with Gasteiger partial charge in [-0.2, -0.15) is 0 Å². The number of nitrogens with zero attached hydrogens (tertiary/aromatic N) is 1. The minimum atomic E-state index is -0.363. The van der Waals surface area contributed by atoms with Gasteiger partial charge in [0.25, 0.3) is 5.91 Å². The van der Waals surface area contributed by atoms with Gasteiger partial charge >= 0.3 is 6.03 Å². The molecule has 7 nitrogen and oxygen atoms in total. The molecule has 0 radical (unpaired) electrons. The van der Waals surface area contributed by atoms with Crippen LogP contribution in [0.2, 0.25) is 0 Å². The van der Waals surface area contributed by atoms with Gasteiger partial charge in [-0.15, -0.1) is 0 Å². The van der Waals surface area contributed by atoms with E-state index in [1.165, 1.54) is 13.3 Å². The Kier molecular flexibility index (Phi) is 6.84. The van der Waals surface area contributed by atoms with Gasteiger partial charge in [0.05, 0.1) is 0 Å². The van der Waals surface area contributed by atoms with Crippen molar-refractivity contribution < 1.29 is 14.4 Å². The summed E-state index contributed by atoms with van der Waals surface area (Å²) < 4.78 is 0. The lowest BCUT2D eigenvalue weighted by molar-refractivity contribution is -0.114. The summed E-state index contributed by atoms with van der Waals surface area (Å²) in [5.74, 6) is -0.143. The highest BCUT2D eigenvalue weighted by Gasteiger charge is 2.18. The fourth-order valence-corrected chi connectivity index (χ4v) is 3.33. The summed E-state index contributed by atoms with van der Waals surface area (Å²) in [7, 11) is 0. The third kappa shape index (κ3) is 6.07. The van der Waals surface area contributed by atoms with Gasteiger partial charge in [-0.1, -0.05) is 18.2 Å². The second kappa shape index (κ2) is 9.73. The van der Waals surface area contributed by atoms with Gasteiger partial charge < -0.3 is 20.9 Å². The van der Waals surface area contributed by atoms with Gasteiger partial charge in [-0.25, -0.2) is 4.79 Å². The Labute approximate surface area is 170 Å². The molecule has 1 heterocycles. The van der Waals surface area contributed by atoms with Gasteiger partial charge in [0, 0.05) is 43.5 Å². The van der Waals surface area contributed by atoms with Crippen LogP contribution in [-0.4, -0.2) is 35.8 Å². The number of benzene rings is 2. The van der Waals surface area contributed by atoms with E-state index in [-0.39, 0.29) is 17.8 Å². The fourth-order valence-electron chi connectivity index (χ4n) is 3.33. The topological polar surface area (TPSA) is 90.5 Å². The molecule has 29 heavy (non-hydrogen) atoms. The Bertz CT molecular complexity index is 891. The average Bonchev–Trinajstić information content (AvgIpc) is 2.72. The zero-order chi connectivity index (χ0) is 20.6. The predicted octanol–water partition coefficient (Wildman–Crippen LogP) is 3.59. The van der Waals surface area contributed by atoms with Crippen molar-refractivity contribution in [2.75, 3.05) is 23.7 Å². The minimum absolute atomic E-state index is 0.00328. The largest absolute Gasteiger partial charge is 0.339 e. The van der Waals surface area contributed by atoms with Crippen molar-refractivity contribution >= 4 is 29.2 Å². The maximum Gasteiger partial charge on any atom is 0.319 e. The molecule has 3 N–H and O–H groups in total. The van der Waals surface area contributed by atoms with Crippen molar-refractivity contribution in [3.63, 3.8) is 0 Å². The average molecular weight is 394 g/mol. The zero-order valence-electron chi connectivity index (χ0n) is 16.5. The second-order valence-corrected chi connectivity index (χ2v) is 7.12. The standard InChI is InChI=1S/C22H26N4O3/c1-16(27)24-19-9-5-7-17(13-19)15-23-22(29)25-20-10-6-8-18(14-20)21(28)26-11-3-2-4-12-26/h5-10,13-14H,2-4,11-12,15H2,1H3,(H,24,27)(H2,23,25,29). The predicted molar refractivity (Wildman–Crippen MR) is 113 cm³/mol. The molecule has 0 aliphatic carbocycles. The van der Waals surface area contributed by atoms with Crippen molar-refractivity contribution in [1.82, 2.24) is 10.2 Å². The molecule has 0 unspecified atom stereocenters. The number of hydrogen-bond acceptors (Lipinski definition) is 3. The summed E-state index contributed by atoms with van der Waals surface area (Å²) >= 11 is 0. The maximum absolute atomic E-state index is 12.6. The summed E-state index contributed by atoms with van der Waals surface area (Å²) in [6.07, 6.45) is 3.24. The first kappa shape index (κ1) is 20.4. The van der Waals surface area contributed by atoms with E-state index in [1.54, 1.807) is 36.4 Å². The first-order chi connectivity index (χ1) is 14.0. The van der Waals surface area contributed by atoms with Crippen molar-refractivity contribution in [2.24, 2.45) is 0 Å². The van der Waals surface area contributed by atoms with Crippen LogP contribution in [0.1, 0.15) is 42.1 Å². The van der Waals surface area contributed by atoms with E-state index in [9.17, 15) is 14.4 Å². The molecule has 7 heteroatoms. The van der Waals surface area contributed by atoms with Gasteiger partial charge in [0.1, 0.15) is 0 Å². The SMILES string of the molecule is CC(=O)Nc1cccc(CNC(=O)Nc2cccc(C(=O)N3CCCCC3)c2)c1. The lowest BCUT2D eigenvalue weighted by Gasteiger charge is -2.26. The van der Waals surface area contributed by atoms with Gasteiger partial charge in [0.15, 0.2) is 0 Å². The molecule has 152 valence electrons. The summed E-state index contributed by atoms with van der Waals surface area (Å²) in [6.45, 7) is 3.33. The normalized spacial score (nSPS) is 13.5. The van der Waals surface area contributed by atoms with Crippen LogP contribution >= 0.6 is 0 Å². The Hall–Kier alpha value is -3.35. The number of urea groups is 1. The number of nitrogens with one attached hydrogen (secondary N) is 3. The Balaban J connectivity index is 1.55. The molecule has 1 fully saturated rings. The molecule has 3 rings (SSSR count). The van der Waals surface area contributed by atoms with Crippen LogP contribution in [0, 0.1) is 0 Å². The molecule has 1 aliphatic heterocycles. The lowest BCUT2D eigenvalue weighted by Crippen LogP contribution is -2.35. The van der Waals surface area contributed by atoms with Crippen LogP contribution < -0.4 is 16.0 Å². The summed E-state index contributed by atoms with van der Waals surface area (Å²) in [4.78, 5) is 37.9. The van der Waals surface area contributed by atoms with Gasteiger partial charge in [-0.3, -0.25) is 9.59 Å². The first-order valence-electron chi connectivity index (χ1n) is 9.82. The second-order valence-electron chi connectivity index (χ2n) is 7.12. The molecule has 0 aromatic heterocycles. The van der Waals surface area contributed by atoms with Crippen LogP contribution in [0.4, 0.5) is 16.2 Å². The molecule has 1 aliphatic rings. The highest BCUT2D eigenvalue weighted by atomic mass is 16.2. The minimum Gasteiger partial charge on any atom is -0.339 e. The van der Waals surface area contributed by atoms with Gasteiger partial charge in [-0.05, 0) is 55.2 Å². The summed E-state index contributed by atoms with van der Waals surface area (Å²) in [5, 5.41) is 8.26. The molecule has 0 saturated carbocycles. The molecular weight excluding hydrogens is 368 g/mol. The molecule has 2 aromatic carbocycles. The molecular formula is C22H26N4O3. The third-order valence-corrected chi connectivity index (χ3v) is 4.71. The van der Waals surface area contributed by atoms with Crippen LogP contribution in [0.25, 0.3) is 0 Å². The molecule has 1 saturated heterocycles. The van der Waals surface area contributed by atoms with E-state index in [4.69, 9.17) is 0 Å². The monoisotopic (exact) mass is 394 g/mol. The van der Waals surface area contributed by atoms with Crippen molar-refractivity contribution in [3.05, 3.63) is 59.7 Å². The Morgan fingerprint density at radius 1 is 0.897 bits per heavy atom. The molecule has 0 atom stereocenters. The van der Waals surface area contributed by atoms with Crippen LogP contribution in [0.15, 0.2) is 48.5 Å².